The topological polar surface area (TPSA) is 38.7 Å². The van der Waals surface area contributed by atoms with Gasteiger partial charge in [0, 0.05) is 11.5 Å². The summed E-state index contributed by atoms with van der Waals surface area (Å²) in [5.41, 5.74) is 1.04. The Morgan fingerprint density at radius 1 is 1.62 bits per heavy atom. The van der Waals surface area contributed by atoms with E-state index in [1.807, 2.05) is 18.2 Å². The van der Waals surface area contributed by atoms with Crippen LogP contribution in [0.5, 0.6) is 11.5 Å². The van der Waals surface area contributed by atoms with Crippen LogP contribution in [0.25, 0.3) is 0 Å². The van der Waals surface area contributed by atoms with Gasteiger partial charge in [-0.2, -0.15) is 0 Å². The maximum atomic E-state index is 9.06. The molecule has 3 nitrogen and oxygen atoms in total. The van der Waals surface area contributed by atoms with Gasteiger partial charge in [-0.25, -0.2) is 0 Å². The number of hydrogen-bond donors (Lipinski definition) is 1. The molecule has 1 aliphatic rings. The SMILES string of the molecule is COc1ccc2c(c1)C(CO)CO2. The number of hydrogen-bond acceptors (Lipinski definition) is 3. The second-order valence-electron chi connectivity index (χ2n) is 3.09. The van der Waals surface area contributed by atoms with Gasteiger partial charge in [-0.05, 0) is 18.2 Å². The van der Waals surface area contributed by atoms with Crippen LogP contribution in [0.1, 0.15) is 11.5 Å². The Bertz CT molecular complexity index is 309. The molecule has 1 unspecified atom stereocenters. The van der Waals surface area contributed by atoms with Crippen molar-refractivity contribution in [3.8, 4) is 11.5 Å². The Hall–Kier alpha value is -1.22. The third-order valence-corrected chi connectivity index (χ3v) is 2.32. The van der Waals surface area contributed by atoms with Crippen LogP contribution in [-0.2, 0) is 0 Å². The summed E-state index contributed by atoms with van der Waals surface area (Å²) in [6.07, 6.45) is 0. The zero-order valence-electron chi connectivity index (χ0n) is 7.49. The maximum Gasteiger partial charge on any atom is 0.123 e. The van der Waals surface area contributed by atoms with Gasteiger partial charge in [0.05, 0.1) is 20.3 Å². The Kier molecular flexibility index (Phi) is 2.10. The summed E-state index contributed by atoms with van der Waals surface area (Å²) < 4.78 is 10.5. The average molecular weight is 180 g/mol. The maximum absolute atomic E-state index is 9.06. The van der Waals surface area contributed by atoms with E-state index >= 15 is 0 Å². The van der Waals surface area contributed by atoms with Crippen LogP contribution in [-0.4, -0.2) is 25.4 Å². The van der Waals surface area contributed by atoms with E-state index in [2.05, 4.69) is 0 Å². The van der Waals surface area contributed by atoms with E-state index in [9.17, 15) is 0 Å². The smallest absolute Gasteiger partial charge is 0.123 e. The molecular formula is C10H12O3. The minimum atomic E-state index is 0.102. The fourth-order valence-corrected chi connectivity index (χ4v) is 1.54. The summed E-state index contributed by atoms with van der Waals surface area (Å²) in [4.78, 5) is 0. The molecule has 1 aromatic carbocycles. The third-order valence-electron chi connectivity index (χ3n) is 2.32. The highest BCUT2D eigenvalue weighted by atomic mass is 16.5. The first-order valence-electron chi connectivity index (χ1n) is 4.26. The Balaban J connectivity index is 2.37. The monoisotopic (exact) mass is 180 g/mol. The first-order valence-corrected chi connectivity index (χ1v) is 4.26. The zero-order valence-corrected chi connectivity index (χ0v) is 7.49. The van der Waals surface area contributed by atoms with Crippen molar-refractivity contribution in [1.82, 2.24) is 0 Å². The van der Waals surface area contributed by atoms with Crippen LogP contribution >= 0.6 is 0 Å². The van der Waals surface area contributed by atoms with Gasteiger partial charge < -0.3 is 14.6 Å². The van der Waals surface area contributed by atoms with Gasteiger partial charge in [0.1, 0.15) is 11.5 Å². The van der Waals surface area contributed by atoms with Crippen molar-refractivity contribution in [2.45, 2.75) is 5.92 Å². The van der Waals surface area contributed by atoms with E-state index in [4.69, 9.17) is 14.6 Å². The molecule has 0 aromatic heterocycles. The van der Waals surface area contributed by atoms with Crippen molar-refractivity contribution in [3.63, 3.8) is 0 Å². The molecule has 0 saturated heterocycles. The number of fused-ring (bicyclic) bond motifs is 1. The molecule has 1 heterocycles. The molecule has 0 aliphatic carbocycles. The predicted molar refractivity (Wildman–Crippen MR) is 48.3 cm³/mol. The molecule has 0 saturated carbocycles. The number of methoxy groups -OCH3 is 1. The first-order chi connectivity index (χ1) is 6.35. The summed E-state index contributed by atoms with van der Waals surface area (Å²) in [5, 5.41) is 9.06. The van der Waals surface area contributed by atoms with E-state index in [0.717, 1.165) is 17.1 Å². The van der Waals surface area contributed by atoms with Gasteiger partial charge in [0.25, 0.3) is 0 Å². The zero-order chi connectivity index (χ0) is 9.26. The van der Waals surface area contributed by atoms with Gasteiger partial charge in [0.2, 0.25) is 0 Å². The minimum Gasteiger partial charge on any atom is -0.497 e. The lowest BCUT2D eigenvalue weighted by atomic mass is 10.0. The van der Waals surface area contributed by atoms with Crippen LogP contribution in [0.3, 0.4) is 0 Å². The Morgan fingerprint density at radius 3 is 3.15 bits per heavy atom. The van der Waals surface area contributed by atoms with Crippen LogP contribution < -0.4 is 9.47 Å². The van der Waals surface area contributed by atoms with E-state index < -0.39 is 0 Å². The summed E-state index contributed by atoms with van der Waals surface area (Å²) in [6.45, 7) is 0.694. The number of benzene rings is 1. The largest absolute Gasteiger partial charge is 0.497 e. The number of aliphatic hydroxyl groups excluding tert-OH is 1. The lowest BCUT2D eigenvalue weighted by molar-refractivity contribution is 0.232. The molecule has 0 bridgehead atoms. The van der Waals surface area contributed by atoms with Gasteiger partial charge in [-0.15, -0.1) is 0 Å². The highest BCUT2D eigenvalue weighted by Gasteiger charge is 2.23. The second kappa shape index (κ2) is 3.26. The molecule has 2 rings (SSSR count). The van der Waals surface area contributed by atoms with Crippen molar-refractivity contribution in [1.29, 1.82) is 0 Å². The van der Waals surface area contributed by atoms with Gasteiger partial charge >= 0.3 is 0 Å². The first kappa shape index (κ1) is 8.38. The Labute approximate surface area is 76.9 Å². The van der Waals surface area contributed by atoms with Gasteiger partial charge in [-0.3, -0.25) is 0 Å². The van der Waals surface area contributed by atoms with Gasteiger partial charge in [-0.1, -0.05) is 0 Å². The van der Waals surface area contributed by atoms with Crippen molar-refractivity contribution >= 4 is 0 Å². The van der Waals surface area contributed by atoms with Crippen molar-refractivity contribution in [3.05, 3.63) is 23.8 Å². The fourth-order valence-electron chi connectivity index (χ4n) is 1.54. The van der Waals surface area contributed by atoms with E-state index in [-0.39, 0.29) is 12.5 Å². The lowest BCUT2D eigenvalue weighted by Gasteiger charge is -2.05. The normalized spacial score (nSPS) is 19.4. The minimum absolute atomic E-state index is 0.102. The molecular weight excluding hydrogens is 168 g/mol. The molecule has 0 radical (unpaired) electrons. The van der Waals surface area contributed by atoms with Crippen molar-refractivity contribution < 1.29 is 14.6 Å². The number of ether oxygens (including phenoxy) is 2. The van der Waals surface area contributed by atoms with E-state index in [1.54, 1.807) is 7.11 Å². The molecule has 1 aliphatic heterocycles. The number of rotatable bonds is 2. The molecule has 1 atom stereocenters. The van der Waals surface area contributed by atoms with E-state index in [1.165, 1.54) is 0 Å². The summed E-state index contributed by atoms with van der Waals surface area (Å²) >= 11 is 0. The summed E-state index contributed by atoms with van der Waals surface area (Å²) in [5.74, 6) is 1.77. The Morgan fingerprint density at radius 2 is 2.46 bits per heavy atom. The standard InChI is InChI=1S/C10H12O3/c1-12-8-2-3-10-9(4-8)7(5-11)6-13-10/h2-4,7,11H,5-6H2,1H3. The quantitative estimate of drug-likeness (QED) is 0.742. The molecule has 70 valence electrons. The predicted octanol–water partition coefficient (Wildman–Crippen LogP) is 1.16. The van der Waals surface area contributed by atoms with Gasteiger partial charge in [0.15, 0.2) is 0 Å². The highest BCUT2D eigenvalue weighted by Crippen LogP contribution is 2.35. The summed E-state index contributed by atoms with van der Waals surface area (Å²) in [6, 6.07) is 5.66. The van der Waals surface area contributed by atoms with Crippen LogP contribution in [0, 0.1) is 0 Å². The molecule has 0 amide bonds. The van der Waals surface area contributed by atoms with E-state index in [0.29, 0.717) is 6.61 Å². The fraction of sp³-hybridized carbons (Fsp3) is 0.400. The van der Waals surface area contributed by atoms with Crippen molar-refractivity contribution in [2.24, 2.45) is 0 Å². The molecule has 1 N–H and O–H groups in total. The molecule has 1 aromatic rings. The van der Waals surface area contributed by atoms with Crippen LogP contribution in [0.2, 0.25) is 0 Å². The molecule has 0 fully saturated rings. The average Bonchev–Trinajstić information content (AvgIpc) is 2.59. The van der Waals surface area contributed by atoms with Crippen molar-refractivity contribution in [2.75, 3.05) is 20.3 Å². The van der Waals surface area contributed by atoms with Crippen LogP contribution in [0.15, 0.2) is 18.2 Å². The number of aliphatic hydroxyl groups is 1. The highest BCUT2D eigenvalue weighted by molar-refractivity contribution is 5.45. The third kappa shape index (κ3) is 1.35. The summed E-state index contributed by atoms with van der Waals surface area (Å²) in [7, 11) is 1.63. The van der Waals surface area contributed by atoms with Crippen LogP contribution in [0.4, 0.5) is 0 Å². The lowest BCUT2D eigenvalue weighted by Crippen LogP contribution is -2.04. The second-order valence-corrected chi connectivity index (χ2v) is 3.09. The molecule has 13 heavy (non-hydrogen) atoms. The molecule has 3 heteroatoms. The molecule has 0 spiro atoms.